The number of aliphatic hydroxyl groups is 1. The highest BCUT2D eigenvalue weighted by Crippen LogP contribution is 2.49. The minimum atomic E-state index is -4.05. The molecule has 1 aliphatic rings. The van der Waals surface area contributed by atoms with Crippen LogP contribution >= 0.6 is 0 Å². The maximum absolute atomic E-state index is 13.9. The van der Waals surface area contributed by atoms with Crippen molar-refractivity contribution in [3.8, 4) is 0 Å². The Bertz CT molecular complexity index is 1960. The number of para-hydroxylation sites is 2. The molecule has 1 aromatic heterocycles. The number of carbonyl (C=O) groups is 1. The number of H-pyrrole nitrogens is 1. The fourth-order valence-electron chi connectivity index (χ4n) is 6.35. The number of hydrogen-bond donors (Lipinski definition) is 2. The molecule has 0 aliphatic carbocycles. The number of hydrogen-bond acceptors (Lipinski definition) is 6. The molecule has 9 heteroatoms. The second kappa shape index (κ2) is 11.8. The lowest BCUT2D eigenvalue weighted by Crippen LogP contribution is -2.37. The number of aromatic amines is 1. The second-order valence-corrected chi connectivity index (χ2v) is 14.8. The standard InChI is InChI=1S/C37H37N3O5S/c1-36(2,3)32(27-18-13-19-28(22-27)40(4)46(43,44)35-38-29-20-11-12-21-30(29)39-35)31-33(41)37(45-34(31)42,23-25-14-7-5-8-15-25)24-26-16-9-6-10-17-26/h5-22,32,41H,23-24H2,1-4H3,(H,38,39). The van der Waals surface area contributed by atoms with Crippen molar-refractivity contribution in [3.05, 3.63) is 137 Å². The number of aliphatic hydroxyl groups excluding tert-OH is 1. The van der Waals surface area contributed by atoms with Gasteiger partial charge in [-0.1, -0.05) is 106 Å². The molecule has 0 saturated heterocycles. The van der Waals surface area contributed by atoms with Crippen LogP contribution in [0.25, 0.3) is 11.0 Å². The molecule has 1 atom stereocenters. The summed E-state index contributed by atoms with van der Waals surface area (Å²) in [4.78, 5) is 21.2. The third-order valence-electron chi connectivity index (χ3n) is 8.55. The van der Waals surface area contributed by atoms with Crippen molar-refractivity contribution in [2.75, 3.05) is 11.4 Å². The summed E-state index contributed by atoms with van der Waals surface area (Å²) in [6, 6.07) is 33.5. The molecule has 0 spiro atoms. The Hall–Kier alpha value is -4.89. The number of esters is 1. The first-order valence-electron chi connectivity index (χ1n) is 15.2. The van der Waals surface area contributed by atoms with Gasteiger partial charge in [0.2, 0.25) is 5.16 Å². The van der Waals surface area contributed by atoms with E-state index in [1.807, 2.05) is 93.6 Å². The van der Waals surface area contributed by atoms with Gasteiger partial charge in [-0.2, -0.15) is 8.42 Å². The zero-order valence-corrected chi connectivity index (χ0v) is 27.1. The smallest absolute Gasteiger partial charge is 0.339 e. The van der Waals surface area contributed by atoms with Gasteiger partial charge in [-0.3, -0.25) is 4.31 Å². The van der Waals surface area contributed by atoms with Crippen molar-refractivity contribution in [1.82, 2.24) is 9.97 Å². The molecule has 0 bridgehead atoms. The van der Waals surface area contributed by atoms with Gasteiger partial charge in [-0.25, -0.2) is 9.78 Å². The maximum Gasteiger partial charge on any atom is 0.339 e. The van der Waals surface area contributed by atoms with Crippen LogP contribution in [0.1, 0.15) is 43.4 Å². The number of benzene rings is 4. The van der Waals surface area contributed by atoms with Gasteiger partial charge in [-0.05, 0) is 46.4 Å². The molecule has 0 fully saturated rings. The van der Waals surface area contributed by atoms with E-state index in [0.717, 1.165) is 11.1 Å². The highest BCUT2D eigenvalue weighted by Gasteiger charge is 2.52. The fraction of sp³-hybridized carbons (Fsp3) is 0.243. The molecular formula is C37H37N3O5S. The first-order chi connectivity index (χ1) is 21.9. The van der Waals surface area contributed by atoms with Gasteiger partial charge in [0.1, 0.15) is 5.76 Å². The molecule has 1 unspecified atom stereocenters. The number of fused-ring (bicyclic) bond motifs is 1. The Morgan fingerprint density at radius 1 is 0.870 bits per heavy atom. The summed E-state index contributed by atoms with van der Waals surface area (Å²) in [5.74, 6) is -1.30. The summed E-state index contributed by atoms with van der Waals surface area (Å²) in [5, 5.41) is 12.0. The molecule has 0 saturated carbocycles. The van der Waals surface area contributed by atoms with Crippen molar-refractivity contribution < 1.29 is 23.1 Å². The summed E-state index contributed by atoms with van der Waals surface area (Å²) in [6.07, 6.45) is 0.582. The number of cyclic esters (lactones) is 1. The predicted molar refractivity (Wildman–Crippen MR) is 179 cm³/mol. The molecule has 236 valence electrons. The number of nitrogens with one attached hydrogen (secondary N) is 1. The van der Waals surface area contributed by atoms with Gasteiger partial charge in [-0.15, -0.1) is 0 Å². The molecule has 1 aliphatic heterocycles. The van der Waals surface area contributed by atoms with Crippen LogP contribution in [0.4, 0.5) is 5.69 Å². The molecule has 2 N–H and O–H groups in total. The van der Waals surface area contributed by atoms with Crippen LogP contribution in [-0.2, 0) is 32.4 Å². The van der Waals surface area contributed by atoms with E-state index >= 15 is 0 Å². The summed E-state index contributed by atoms with van der Waals surface area (Å²) < 4.78 is 34.8. The van der Waals surface area contributed by atoms with E-state index in [0.29, 0.717) is 35.1 Å². The third-order valence-corrected chi connectivity index (χ3v) is 10.2. The van der Waals surface area contributed by atoms with E-state index in [4.69, 9.17) is 4.74 Å². The van der Waals surface area contributed by atoms with Crippen LogP contribution in [0.15, 0.2) is 126 Å². The van der Waals surface area contributed by atoms with E-state index in [2.05, 4.69) is 9.97 Å². The maximum atomic E-state index is 13.9. The molecule has 4 aromatic carbocycles. The topological polar surface area (TPSA) is 113 Å². The predicted octanol–water partition coefficient (Wildman–Crippen LogP) is 7.11. The summed E-state index contributed by atoms with van der Waals surface area (Å²) in [5.41, 5.74) is 2.38. The van der Waals surface area contributed by atoms with E-state index in [9.17, 15) is 18.3 Å². The average Bonchev–Trinajstić information content (AvgIpc) is 3.57. The lowest BCUT2D eigenvalue weighted by atomic mass is 9.71. The Kier molecular flexibility index (Phi) is 7.98. The highest BCUT2D eigenvalue weighted by atomic mass is 32.2. The van der Waals surface area contributed by atoms with Gasteiger partial charge < -0.3 is 14.8 Å². The quantitative estimate of drug-likeness (QED) is 0.167. The van der Waals surface area contributed by atoms with Crippen molar-refractivity contribution >= 4 is 32.7 Å². The molecule has 0 amide bonds. The van der Waals surface area contributed by atoms with Crippen molar-refractivity contribution in [2.45, 2.75) is 50.3 Å². The highest BCUT2D eigenvalue weighted by molar-refractivity contribution is 7.92. The average molecular weight is 636 g/mol. The molecule has 8 nitrogen and oxygen atoms in total. The number of sulfonamides is 1. The SMILES string of the molecule is CN(c1cccc(C(C2=C(O)C(Cc3ccccc3)(Cc3ccccc3)OC2=O)C(C)(C)C)c1)S(=O)(=O)c1nc2ccccc2[nH]1. The second-order valence-electron chi connectivity index (χ2n) is 12.9. The minimum Gasteiger partial charge on any atom is -0.507 e. The summed E-state index contributed by atoms with van der Waals surface area (Å²) >= 11 is 0. The lowest BCUT2D eigenvalue weighted by Gasteiger charge is -2.32. The Balaban J connectivity index is 1.43. The van der Waals surface area contributed by atoms with Crippen molar-refractivity contribution in [1.29, 1.82) is 0 Å². The molecule has 2 heterocycles. The first kappa shape index (κ1) is 31.1. The van der Waals surface area contributed by atoms with E-state index in [1.165, 1.54) is 11.4 Å². The van der Waals surface area contributed by atoms with Gasteiger partial charge in [0.15, 0.2) is 5.60 Å². The molecule has 46 heavy (non-hydrogen) atoms. The first-order valence-corrected chi connectivity index (χ1v) is 16.6. The van der Waals surface area contributed by atoms with Gasteiger partial charge >= 0.3 is 5.97 Å². The van der Waals surface area contributed by atoms with Crippen LogP contribution in [0.3, 0.4) is 0 Å². The number of rotatable bonds is 9. The molecular weight excluding hydrogens is 598 g/mol. The van der Waals surface area contributed by atoms with Crippen LogP contribution < -0.4 is 4.31 Å². The third kappa shape index (κ3) is 5.78. The number of carbonyl (C=O) groups excluding carboxylic acids is 1. The molecule has 5 aromatic rings. The van der Waals surface area contributed by atoms with Gasteiger partial charge in [0.25, 0.3) is 10.0 Å². The summed E-state index contributed by atoms with van der Waals surface area (Å²) in [7, 11) is -2.58. The van der Waals surface area contributed by atoms with Gasteiger partial charge in [0, 0.05) is 25.8 Å². The molecule has 0 radical (unpaired) electrons. The Morgan fingerprint density at radius 3 is 2.04 bits per heavy atom. The van der Waals surface area contributed by atoms with Crippen molar-refractivity contribution in [2.24, 2.45) is 5.41 Å². The largest absolute Gasteiger partial charge is 0.507 e. The number of aromatic nitrogens is 2. The van der Waals surface area contributed by atoms with Crippen LogP contribution in [0.2, 0.25) is 0 Å². The van der Waals surface area contributed by atoms with E-state index < -0.39 is 32.9 Å². The van der Waals surface area contributed by atoms with Gasteiger partial charge in [0.05, 0.1) is 22.3 Å². The van der Waals surface area contributed by atoms with Crippen LogP contribution in [0, 0.1) is 5.41 Å². The number of anilines is 1. The fourth-order valence-corrected chi connectivity index (χ4v) is 7.45. The zero-order chi connectivity index (χ0) is 32.7. The Labute approximate surface area is 269 Å². The lowest BCUT2D eigenvalue weighted by molar-refractivity contribution is -0.148. The minimum absolute atomic E-state index is 0.0983. The van der Waals surface area contributed by atoms with E-state index in [1.54, 1.807) is 36.4 Å². The summed E-state index contributed by atoms with van der Waals surface area (Å²) in [6.45, 7) is 5.96. The van der Waals surface area contributed by atoms with Crippen LogP contribution in [0.5, 0.6) is 0 Å². The normalized spacial score (nSPS) is 15.6. The number of nitrogens with zero attached hydrogens (tertiary/aromatic N) is 2. The van der Waals surface area contributed by atoms with E-state index in [-0.39, 0.29) is 16.5 Å². The monoisotopic (exact) mass is 635 g/mol. The Morgan fingerprint density at radius 2 is 1.46 bits per heavy atom. The number of imidazole rings is 1. The van der Waals surface area contributed by atoms with Crippen molar-refractivity contribution in [3.63, 3.8) is 0 Å². The molecule has 6 rings (SSSR count). The zero-order valence-electron chi connectivity index (χ0n) is 26.3. The number of ether oxygens (including phenoxy) is 1. The van der Waals surface area contributed by atoms with Crippen LogP contribution in [-0.4, -0.2) is 42.1 Å².